The molecule has 128 valence electrons. The zero-order chi connectivity index (χ0) is 18.3. The molecule has 0 unspecified atom stereocenters. The predicted molar refractivity (Wildman–Crippen MR) is 98.8 cm³/mol. The van der Waals surface area contributed by atoms with E-state index in [0.29, 0.717) is 32.9 Å². The third-order valence-corrected chi connectivity index (χ3v) is 4.31. The number of benzene rings is 2. The molecule has 4 aromatic rings. The maximum atomic E-state index is 12.9. The number of fused-ring (bicyclic) bond motifs is 1. The topological polar surface area (TPSA) is 93.8 Å². The lowest BCUT2D eigenvalue weighted by Crippen LogP contribution is -2.14. The third kappa shape index (κ3) is 2.64. The first-order valence-electron chi connectivity index (χ1n) is 7.65. The lowest BCUT2D eigenvalue weighted by molar-refractivity contribution is -0.384. The van der Waals surface area contributed by atoms with Gasteiger partial charge in [0.05, 0.1) is 16.0 Å². The quantitative estimate of drug-likeness (QED) is 0.439. The first kappa shape index (κ1) is 16.0. The Morgan fingerprint density at radius 1 is 1.04 bits per heavy atom. The van der Waals surface area contributed by atoms with Gasteiger partial charge in [-0.2, -0.15) is 0 Å². The van der Waals surface area contributed by atoms with Gasteiger partial charge in [0.1, 0.15) is 0 Å². The van der Waals surface area contributed by atoms with Gasteiger partial charge in [-0.05, 0) is 53.6 Å². The Bertz CT molecular complexity index is 1180. The highest BCUT2D eigenvalue weighted by Crippen LogP contribution is 2.27. The highest BCUT2D eigenvalue weighted by molar-refractivity contribution is 6.30. The van der Waals surface area contributed by atoms with Gasteiger partial charge in [-0.25, -0.2) is 9.67 Å². The normalized spacial score (nSPS) is 11.0. The summed E-state index contributed by atoms with van der Waals surface area (Å²) in [4.78, 5) is 27.5. The Labute approximate surface area is 151 Å². The summed E-state index contributed by atoms with van der Waals surface area (Å²) in [5.74, 6) is 0. The fourth-order valence-corrected chi connectivity index (χ4v) is 2.93. The van der Waals surface area contributed by atoms with Crippen LogP contribution in [0.2, 0.25) is 5.02 Å². The van der Waals surface area contributed by atoms with Gasteiger partial charge in [-0.15, -0.1) is 0 Å². The molecule has 4 rings (SSSR count). The Morgan fingerprint density at radius 3 is 2.38 bits per heavy atom. The molecule has 2 aromatic heterocycles. The van der Waals surface area contributed by atoms with Gasteiger partial charge in [0.15, 0.2) is 5.65 Å². The second-order valence-corrected chi connectivity index (χ2v) is 6.05. The first-order valence-corrected chi connectivity index (χ1v) is 8.03. The molecular weight excluding hydrogens is 356 g/mol. The Hall–Kier alpha value is -3.45. The van der Waals surface area contributed by atoms with Crippen molar-refractivity contribution in [2.45, 2.75) is 0 Å². The first-order chi connectivity index (χ1) is 12.5. The number of nitrogens with one attached hydrogen (secondary N) is 1. The van der Waals surface area contributed by atoms with E-state index in [-0.39, 0.29) is 11.2 Å². The summed E-state index contributed by atoms with van der Waals surface area (Å²) in [6.07, 6.45) is 1.58. The van der Waals surface area contributed by atoms with Crippen LogP contribution < -0.4 is 5.56 Å². The van der Waals surface area contributed by atoms with Crippen molar-refractivity contribution in [2.75, 3.05) is 0 Å². The Kier molecular flexibility index (Phi) is 3.78. The molecule has 0 fully saturated rings. The number of halogens is 1. The number of pyridine rings is 1. The molecule has 0 saturated carbocycles. The van der Waals surface area contributed by atoms with Gasteiger partial charge < -0.3 is 0 Å². The van der Waals surface area contributed by atoms with E-state index in [1.165, 1.54) is 16.8 Å². The van der Waals surface area contributed by atoms with Gasteiger partial charge in [0, 0.05) is 23.4 Å². The highest BCUT2D eigenvalue weighted by Gasteiger charge is 2.15. The fourth-order valence-electron chi connectivity index (χ4n) is 2.81. The number of aromatic amines is 1. The van der Waals surface area contributed by atoms with Gasteiger partial charge in [0.25, 0.3) is 11.2 Å². The minimum atomic E-state index is -0.463. The van der Waals surface area contributed by atoms with Gasteiger partial charge in [-0.3, -0.25) is 20.0 Å². The lowest BCUT2D eigenvalue weighted by Gasteiger charge is -2.02. The molecule has 0 spiro atoms. The van der Waals surface area contributed by atoms with Crippen LogP contribution in [0.1, 0.15) is 0 Å². The molecule has 26 heavy (non-hydrogen) atoms. The molecule has 0 aliphatic carbocycles. The zero-order valence-corrected chi connectivity index (χ0v) is 14.0. The van der Waals surface area contributed by atoms with E-state index < -0.39 is 4.92 Å². The molecular formula is C18H11ClN4O3. The predicted octanol–water partition coefficient (Wildman–Crippen LogP) is 3.94. The van der Waals surface area contributed by atoms with Crippen LogP contribution in [0, 0.1) is 10.1 Å². The largest absolute Gasteiger partial charge is 0.281 e. The van der Waals surface area contributed by atoms with E-state index in [4.69, 9.17) is 11.6 Å². The van der Waals surface area contributed by atoms with Crippen LogP contribution in [0.25, 0.3) is 27.8 Å². The molecule has 0 bridgehead atoms. The molecule has 1 N–H and O–H groups in total. The monoisotopic (exact) mass is 366 g/mol. The number of rotatable bonds is 3. The maximum Gasteiger partial charge on any atom is 0.281 e. The van der Waals surface area contributed by atoms with Crippen molar-refractivity contribution in [3.63, 3.8) is 0 Å². The van der Waals surface area contributed by atoms with Crippen molar-refractivity contribution in [3.05, 3.63) is 86.3 Å². The number of hydrogen-bond donors (Lipinski definition) is 1. The summed E-state index contributed by atoms with van der Waals surface area (Å²) >= 11 is 5.90. The maximum absolute atomic E-state index is 12.9. The molecule has 0 radical (unpaired) electrons. The van der Waals surface area contributed by atoms with E-state index in [0.717, 1.165) is 0 Å². The molecule has 8 heteroatoms. The Morgan fingerprint density at radius 2 is 1.73 bits per heavy atom. The average Bonchev–Trinajstić information content (AvgIpc) is 2.99. The molecule has 7 nitrogen and oxygen atoms in total. The molecule has 0 aliphatic heterocycles. The van der Waals surface area contributed by atoms with Crippen LogP contribution >= 0.6 is 11.6 Å². The molecule has 0 amide bonds. The molecule has 0 aliphatic rings. The van der Waals surface area contributed by atoms with Crippen molar-refractivity contribution < 1.29 is 4.92 Å². The van der Waals surface area contributed by atoms with Gasteiger partial charge in [0.2, 0.25) is 0 Å². The minimum absolute atomic E-state index is 0.00769. The van der Waals surface area contributed by atoms with Crippen molar-refractivity contribution >= 4 is 28.3 Å². The standard InChI is InChI=1S/C18H11ClN4O3/c19-12-3-7-13(8-4-12)22-18(24)16-15(9-10-20-17(16)21-22)11-1-5-14(6-2-11)23(25)26/h1-10H,(H,20,21). The van der Waals surface area contributed by atoms with Crippen molar-refractivity contribution in [3.8, 4) is 16.8 Å². The average molecular weight is 367 g/mol. The summed E-state index contributed by atoms with van der Waals surface area (Å²) < 4.78 is 1.39. The number of hydrogen-bond acceptors (Lipinski definition) is 4. The summed E-state index contributed by atoms with van der Waals surface area (Å²) in [5.41, 5.74) is 2.14. The third-order valence-electron chi connectivity index (χ3n) is 4.06. The molecule has 0 saturated heterocycles. The van der Waals surface area contributed by atoms with Crippen molar-refractivity contribution in [1.82, 2.24) is 14.8 Å². The number of non-ortho nitro benzene ring substituents is 1. The number of nitro benzene ring substituents is 1. The van der Waals surface area contributed by atoms with Gasteiger partial charge >= 0.3 is 0 Å². The zero-order valence-electron chi connectivity index (χ0n) is 13.2. The molecule has 2 aromatic carbocycles. The van der Waals surface area contributed by atoms with Crippen molar-refractivity contribution in [2.24, 2.45) is 0 Å². The summed E-state index contributed by atoms with van der Waals surface area (Å²) in [6.45, 7) is 0. The van der Waals surface area contributed by atoms with Gasteiger partial charge in [-0.1, -0.05) is 11.6 Å². The SMILES string of the molecule is O=c1c2c(-c3ccc([N+](=O)[O-])cc3)ccnc2[nH]n1-c1ccc(Cl)cc1. The minimum Gasteiger partial charge on any atom is -0.274 e. The van der Waals surface area contributed by atoms with Crippen LogP contribution in [0.5, 0.6) is 0 Å². The molecule has 2 heterocycles. The van der Waals surface area contributed by atoms with E-state index in [1.807, 2.05) is 0 Å². The lowest BCUT2D eigenvalue weighted by atomic mass is 10.0. The van der Waals surface area contributed by atoms with E-state index in [2.05, 4.69) is 10.1 Å². The van der Waals surface area contributed by atoms with Crippen LogP contribution in [0.15, 0.2) is 65.6 Å². The molecule has 0 atom stereocenters. The summed E-state index contributed by atoms with van der Waals surface area (Å²) in [7, 11) is 0. The number of H-pyrrole nitrogens is 1. The van der Waals surface area contributed by atoms with E-state index >= 15 is 0 Å². The van der Waals surface area contributed by atoms with Crippen LogP contribution in [0.3, 0.4) is 0 Å². The fraction of sp³-hybridized carbons (Fsp3) is 0. The summed E-state index contributed by atoms with van der Waals surface area (Å²) in [6, 6.07) is 14.6. The second kappa shape index (κ2) is 6.12. The second-order valence-electron chi connectivity index (χ2n) is 5.61. The highest BCUT2D eigenvalue weighted by atomic mass is 35.5. The smallest absolute Gasteiger partial charge is 0.274 e. The number of nitrogens with zero attached hydrogens (tertiary/aromatic N) is 3. The van der Waals surface area contributed by atoms with Crippen molar-refractivity contribution in [1.29, 1.82) is 0 Å². The number of nitro groups is 1. The van der Waals surface area contributed by atoms with Crippen LogP contribution in [-0.2, 0) is 0 Å². The Balaban J connectivity index is 1.90. The summed E-state index contributed by atoms with van der Waals surface area (Å²) in [5, 5.41) is 14.8. The van der Waals surface area contributed by atoms with E-state index in [9.17, 15) is 14.9 Å². The number of aromatic nitrogens is 3. The van der Waals surface area contributed by atoms with E-state index in [1.54, 1.807) is 48.7 Å². The van der Waals surface area contributed by atoms with Crippen LogP contribution in [-0.4, -0.2) is 19.7 Å². The van der Waals surface area contributed by atoms with Crippen LogP contribution in [0.4, 0.5) is 5.69 Å².